The van der Waals surface area contributed by atoms with Crippen LogP contribution in [0.4, 0.5) is 10.1 Å². The molecule has 0 radical (unpaired) electrons. The van der Waals surface area contributed by atoms with Gasteiger partial charge in [0.25, 0.3) is 5.91 Å². The smallest absolute Gasteiger partial charge is 0.256 e. The topological polar surface area (TPSA) is 29.1 Å². The lowest BCUT2D eigenvalue weighted by molar-refractivity contribution is -0.110. The zero-order valence-corrected chi connectivity index (χ0v) is 11.6. The summed E-state index contributed by atoms with van der Waals surface area (Å²) in [7, 11) is 0. The van der Waals surface area contributed by atoms with E-state index >= 15 is 0 Å². The molecule has 0 unspecified atom stereocenters. The molecule has 0 atom stereocenters. The number of nitrogens with one attached hydrogen (secondary N) is 1. The first kappa shape index (κ1) is 12.9. The molecule has 0 spiro atoms. The highest BCUT2D eigenvalue weighted by molar-refractivity contribution is 7.98. The van der Waals surface area contributed by atoms with E-state index in [0.717, 1.165) is 10.5 Å². The maximum atomic E-state index is 13.3. The summed E-state index contributed by atoms with van der Waals surface area (Å²) in [5.74, 6) is -0.538. The Balaban J connectivity index is 2.03. The van der Waals surface area contributed by atoms with Gasteiger partial charge in [-0.3, -0.25) is 4.79 Å². The molecule has 0 bridgehead atoms. The van der Waals surface area contributed by atoms with E-state index in [1.807, 2.05) is 30.5 Å². The van der Waals surface area contributed by atoms with Gasteiger partial charge in [0.1, 0.15) is 5.82 Å². The first-order chi connectivity index (χ1) is 9.67. The highest BCUT2D eigenvalue weighted by atomic mass is 32.2. The van der Waals surface area contributed by atoms with Gasteiger partial charge in [-0.1, -0.05) is 12.1 Å². The molecule has 100 valence electrons. The Morgan fingerprint density at radius 3 is 2.60 bits per heavy atom. The molecule has 0 aliphatic carbocycles. The zero-order valence-electron chi connectivity index (χ0n) is 10.8. The summed E-state index contributed by atoms with van der Waals surface area (Å²) in [6.07, 6.45) is 3.79. The number of carbonyl (C=O) groups excluding carboxylic acids is 1. The number of fused-ring (bicyclic) bond motifs is 1. The number of rotatable bonds is 2. The minimum absolute atomic E-state index is 0.195. The van der Waals surface area contributed by atoms with Gasteiger partial charge in [0, 0.05) is 21.7 Å². The van der Waals surface area contributed by atoms with Crippen molar-refractivity contribution >= 4 is 35.0 Å². The fraction of sp³-hybridized carbons (Fsp3) is 0.0625. The van der Waals surface area contributed by atoms with Crippen molar-refractivity contribution in [3.63, 3.8) is 0 Å². The van der Waals surface area contributed by atoms with E-state index < -0.39 is 0 Å². The second-order valence-corrected chi connectivity index (χ2v) is 5.35. The number of benzene rings is 2. The van der Waals surface area contributed by atoms with E-state index in [2.05, 4.69) is 5.32 Å². The Morgan fingerprint density at radius 1 is 1.15 bits per heavy atom. The van der Waals surface area contributed by atoms with Crippen molar-refractivity contribution in [3.8, 4) is 0 Å². The van der Waals surface area contributed by atoms with Crippen LogP contribution in [0, 0.1) is 5.82 Å². The second-order valence-electron chi connectivity index (χ2n) is 4.48. The Labute approximate surface area is 120 Å². The van der Waals surface area contributed by atoms with Gasteiger partial charge < -0.3 is 5.32 Å². The van der Waals surface area contributed by atoms with Crippen molar-refractivity contribution in [1.29, 1.82) is 0 Å². The van der Waals surface area contributed by atoms with Crippen molar-refractivity contribution < 1.29 is 9.18 Å². The third-order valence-corrected chi connectivity index (χ3v) is 3.93. The molecule has 1 heterocycles. The lowest BCUT2D eigenvalue weighted by Gasteiger charge is -2.00. The Morgan fingerprint density at radius 2 is 1.90 bits per heavy atom. The molecular weight excluding hydrogens is 273 g/mol. The van der Waals surface area contributed by atoms with E-state index in [1.165, 1.54) is 12.1 Å². The molecule has 2 aromatic carbocycles. The molecule has 4 heteroatoms. The molecule has 1 amide bonds. The molecule has 1 aliphatic heterocycles. The molecule has 2 aromatic rings. The van der Waals surface area contributed by atoms with Crippen molar-refractivity contribution in [3.05, 3.63) is 59.4 Å². The van der Waals surface area contributed by atoms with Crippen LogP contribution in [0.3, 0.4) is 0 Å². The molecule has 0 saturated heterocycles. The summed E-state index contributed by atoms with van der Waals surface area (Å²) in [6.45, 7) is 0. The molecule has 20 heavy (non-hydrogen) atoms. The Hall–Kier alpha value is -2.07. The van der Waals surface area contributed by atoms with Crippen molar-refractivity contribution in [2.75, 3.05) is 11.6 Å². The third-order valence-electron chi connectivity index (χ3n) is 3.19. The maximum Gasteiger partial charge on any atom is 0.256 e. The summed E-state index contributed by atoms with van der Waals surface area (Å²) in [4.78, 5) is 13.1. The fourth-order valence-electron chi connectivity index (χ4n) is 2.17. The molecule has 1 N–H and O–H groups in total. The van der Waals surface area contributed by atoms with Gasteiger partial charge in [-0.05, 0) is 48.2 Å². The highest BCUT2D eigenvalue weighted by Crippen LogP contribution is 2.33. The van der Waals surface area contributed by atoms with Crippen LogP contribution in [0.25, 0.3) is 11.6 Å². The van der Waals surface area contributed by atoms with Gasteiger partial charge in [-0.25, -0.2) is 4.39 Å². The SMILES string of the molecule is CSc1ccc(/C=C2\C(=O)Nc3ccc(F)cc32)cc1. The molecular formula is C16H12FNOS. The summed E-state index contributed by atoms with van der Waals surface area (Å²) in [5, 5.41) is 2.74. The average Bonchev–Trinajstić information content (AvgIpc) is 2.76. The van der Waals surface area contributed by atoms with Gasteiger partial charge in [-0.15, -0.1) is 11.8 Å². The lowest BCUT2D eigenvalue weighted by Crippen LogP contribution is -2.03. The van der Waals surface area contributed by atoms with E-state index in [1.54, 1.807) is 23.9 Å². The van der Waals surface area contributed by atoms with Crippen LogP contribution in [0.2, 0.25) is 0 Å². The number of halogens is 1. The number of thioether (sulfide) groups is 1. The van der Waals surface area contributed by atoms with Crippen LogP contribution in [-0.2, 0) is 4.79 Å². The first-order valence-electron chi connectivity index (χ1n) is 6.14. The van der Waals surface area contributed by atoms with Gasteiger partial charge in [0.15, 0.2) is 0 Å². The van der Waals surface area contributed by atoms with E-state index in [0.29, 0.717) is 16.8 Å². The van der Waals surface area contributed by atoms with Crippen LogP contribution < -0.4 is 5.32 Å². The van der Waals surface area contributed by atoms with E-state index in [-0.39, 0.29) is 11.7 Å². The van der Waals surface area contributed by atoms with Crippen LogP contribution in [-0.4, -0.2) is 12.2 Å². The quantitative estimate of drug-likeness (QED) is 0.666. The van der Waals surface area contributed by atoms with E-state index in [9.17, 15) is 9.18 Å². The molecule has 1 aliphatic rings. The van der Waals surface area contributed by atoms with Gasteiger partial charge in [-0.2, -0.15) is 0 Å². The third kappa shape index (κ3) is 2.34. The van der Waals surface area contributed by atoms with Crippen LogP contribution >= 0.6 is 11.8 Å². The first-order valence-corrected chi connectivity index (χ1v) is 7.37. The molecule has 3 rings (SSSR count). The number of hydrogen-bond donors (Lipinski definition) is 1. The second kappa shape index (κ2) is 5.13. The number of carbonyl (C=O) groups is 1. The molecule has 0 aromatic heterocycles. The van der Waals surface area contributed by atoms with Gasteiger partial charge in [0.2, 0.25) is 0 Å². The summed E-state index contributed by atoms with van der Waals surface area (Å²) in [5.41, 5.74) is 2.69. The predicted molar refractivity (Wildman–Crippen MR) is 81.1 cm³/mol. The average molecular weight is 285 g/mol. The van der Waals surface area contributed by atoms with Crippen LogP contribution in [0.5, 0.6) is 0 Å². The van der Waals surface area contributed by atoms with Crippen LogP contribution in [0.1, 0.15) is 11.1 Å². The molecule has 0 fully saturated rings. The zero-order chi connectivity index (χ0) is 14.1. The number of amides is 1. The van der Waals surface area contributed by atoms with Gasteiger partial charge in [0.05, 0.1) is 0 Å². The van der Waals surface area contributed by atoms with Crippen molar-refractivity contribution in [2.45, 2.75) is 4.90 Å². The molecule has 0 saturated carbocycles. The van der Waals surface area contributed by atoms with E-state index in [4.69, 9.17) is 0 Å². The van der Waals surface area contributed by atoms with Gasteiger partial charge >= 0.3 is 0 Å². The summed E-state index contributed by atoms with van der Waals surface area (Å²) >= 11 is 1.66. The standard InChI is InChI=1S/C16H12FNOS/c1-20-12-5-2-10(3-6-12)8-14-13-9-11(17)4-7-15(13)18-16(14)19/h2-9H,1H3,(H,18,19)/b14-8-. The summed E-state index contributed by atoms with van der Waals surface area (Å²) in [6, 6.07) is 12.2. The summed E-state index contributed by atoms with van der Waals surface area (Å²) < 4.78 is 13.3. The lowest BCUT2D eigenvalue weighted by atomic mass is 10.0. The maximum absolute atomic E-state index is 13.3. The minimum Gasteiger partial charge on any atom is -0.321 e. The van der Waals surface area contributed by atoms with Crippen molar-refractivity contribution in [2.24, 2.45) is 0 Å². The predicted octanol–water partition coefficient (Wildman–Crippen LogP) is 4.04. The number of hydrogen-bond acceptors (Lipinski definition) is 2. The Bertz CT molecular complexity index is 707. The van der Waals surface area contributed by atoms with Crippen molar-refractivity contribution in [1.82, 2.24) is 0 Å². The monoisotopic (exact) mass is 285 g/mol. The highest BCUT2D eigenvalue weighted by Gasteiger charge is 2.24. The minimum atomic E-state index is -0.344. The molecule has 2 nitrogen and oxygen atoms in total. The fourth-order valence-corrected chi connectivity index (χ4v) is 2.58. The Kier molecular flexibility index (Phi) is 3.32. The largest absolute Gasteiger partial charge is 0.321 e. The normalized spacial score (nSPS) is 15.3. The van der Waals surface area contributed by atoms with Crippen LogP contribution in [0.15, 0.2) is 47.4 Å². The number of anilines is 1.